The van der Waals surface area contributed by atoms with Gasteiger partial charge in [0.25, 0.3) is 0 Å². The second-order valence-electron chi connectivity index (χ2n) is 6.33. The molecule has 3 rings (SSSR count). The van der Waals surface area contributed by atoms with Gasteiger partial charge in [0.15, 0.2) is 0 Å². The number of nitrogens with zero attached hydrogens (tertiary/aromatic N) is 1. The third-order valence-corrected chi connectivity index (χ3v) is 4.90. The van der Waals surface area contributed by atoms with Gasteiger partial charge in [-0.3, -0.25) is 9.59 Å². The van der Waals surface area contributed by atoms with E-state index in [9.17, 15) is 9.59 Å². The monoisotopic (exact) mass is 286 g/mol. The van der Waals surface area contributed by atoms with Crippen LogP contribution in [0.4, 0.5) is 0 Å². The molecule has 1 aliphatic carbocycles. The molecule has 21 heavy (non-hydrogen) atoms. The molecular formula is C17H22N2O2. The van der Waals surface area contributed by atoms with Crippen LogP contribution in [-0.2, 0) is 16.1 Å². The van der Waals surface area contributed by atoms with Crippen LogP contribution < -0.4 is 5.32 Å². The molecule has 4 heteroatoms. The fourth-order valence-corrected chi connectivity index (χ4v) is 3.61. The third-order valence-electron chi connectivity index (χ3n) is 4.90. The lowest BCUT2D eigenvalue weighted by Gasteiger charge is -2.43. The van der Waals surface area contributed by atoms with Crippen LogP contribution in [-0.4, -0.2) is 28.8 Å². The molecule has 1 saturated heterocycles. The van der Waals surface area contributed by atoms with Crippen molar-refractivity contribution >= 4 is 11.8 Å². The van der Waals surface area contributed by atoms with E-state index in [1.807, 2.05) is 4.90 Å². The van der Waals surface area contributed by atoms with Gasteiger partial charge in [-0.25, -0.2) is 0 Å². The summed E-state index contributed by atoms with van der Waals surface area (Å²) in [7, 11) is 0. The zero-order chi connectivity index (χ0) is 15.0. The largest absolute Gasteiger partial charge is 0.345 e. The second-order valence-corrected chi connectivity index (χ2v) is 6.33. The molecule has 1 aromatic carbocycles. The van der Waals surface area contributed by atoms with Gasteiger partial charge in [0.05, 0.1) is 6.54 Å². The average Bonchev–Trinajstić information content (AvgIpc) is 2.94. The van der Waals surface area contributed by atoms with E-state index in [1.54, 1.807) is 0 Å². The minimum Gasteiger partial charge on any atom is -0.345 e. The Bertz CT molecular complexity index is 588. The Kier molecular flexibility index (Phi) is 3.47. The van der Waals surface area contributed by atoms with Crippen LogP contribution in [0, 0.1) is 13.8 Å². The van der Waals surface area contributed by atoms with E-state index in [4.69, 9.17) is 0 Å². The summed E-state index contributed by atoms with van der Waals surface area (Å²) in [5, 5.41) is 2.78. The smallest absolute Gasteiger partial charge is 0.246 e. The summed E-state index contributed by atoms with van der Waals surface area (Å²) in [5.41, 5.74) is 2.90. The first-order valence-corrected chi connectivity index (χ1v) is 7.68. The maximum absolute atomic E-state index is 12.4. The van der Waals surface area contributed by atoms with E-state index in [-0.39, 0.29) is 18.4 Å². The molecule has 4 nitrogen and oxygen atoms in total. The first-order valence-electron chi connectivity index (χ1n) is 7.68. The van der Waals surface area contributed by atoms with Gasteiger partial charge in [0.1, 0.15) is 5.54 Å². The summed E-state index contributed by atoms with van der Waals surface area (Å²) in [6.07, 6.45) is 3.61. The van der Waals surface area contributed by atoms with E-state index in [1.165, 1.54) is 11.1 Å². The number of nitrogens with one attached hydrogen (secondary N) is 1. The molecule has 0 bridgehead atoms. The highest BCUT2D eigenvalue weighted by molar-refractivity contribution is 5.98. The zero-order valence-corrected chi connectivity index (χ0v) is 12.7. The lowest BCUT2D eigenvalue weighted by Crippen LogP contribution is -2.65. The molecule has 2 amide bonds. The molecule has 112 valence electrons. The summed E-state index contributed by atoms with van der Waals surface area (Å²) in [6.45, 7) is 4.79. The van der Waals surface area contributed by atoms with Crippen molar-refractivity contribution in [3.63, 3.8) is 0 Å². The molecule has 0 unspecified atom stereocenters. The Morgan fingerprint density at radius 1 is 1.19 bits per heavy atom. The molecule has 0 aromatic heterocycles. The van der Waals surface area contributed by atoms with Crippen molar-refractivity contribution in [3.05, 3.63) is 34.9 Å². The van der Waals surface area contributed by atoms with Gasteiger partial charge in [-0.15, -0.1) is 0 Å². The molecule has 1 aliphatic heterocycles. The second kappa shape index (κ2) is 5.17. The molecule has 2 fully saturated rings. The molecule has 1 heterocycles. The fourth-order valence-electron chi connectivity index (χ4n) is 3.61. The zero-order valence-electron chi connectivity index (χ0n) is 12.7. The molecule has 1 saturated carbocycles. The van der Waals surface area contributed by atoms with Crippen LogP contribution in [0.15, 0.2) is 18.2 Å². The molecule has 0 radical (unpaired) electrons. The van der Waals surface area contributed by atoms with Crippen molar-refractivity contribution in [2.75, 3.05) is 6.54 Å². The van der Waals surface area contributed by atoms with Crippen molar-refractivity contribution < 1.29 is 9.59 Å². The molecule has 1 N–H and O–H groups in total. The maximum atomic E-state index is 12.4. The van der Waals surface area contributed by atoms with Crippen LogP contribution in [0.1, 0.15) is 42.4 Å². The summed E-state index contributed by atoms with van der Waals surface area (Å²) >= 11 is 0. The number of carbonyl (C=O) groups excluding carboxylic acids is 2. The molecule has 0 atom stereocenters. The predicted molar refractivity (Wildman–Crippen MR) is 80.7 cm³/mol. The number of hydrogen-bond donors (Lipinski definition) is 1. The molecule has 1 spiro atoms. The SMILES string of the molecule is Cc1ccc(C)c(CN2C(=O)CNC(=O)C23CCCC3)c1. The number of amides is 2. The Morgan fingerprint density at radius 3 is 2.62 bits per heavy atom. The van der Waals surface area contributed by atoms with Gasteiger partial charge in [-0.05, 0) is 37.8 Å². The van der Waals surface area contributed by atoms with E-state index >= 15 is 0 Å². The van der Waals surface area contributed by atoms with Crippen molar-refractivity contribution in [1.82, 2.24) is 10.2 Å². The highest BCUT2D eigenvalue weighted by atomic mass is 16.2. The Hall–Kier alpha value is -1.84. The number of rotatable bonds is 2. The predicted octanol–water partition coefficient (Wildman–Crippen LogP) is 2.07. The van der Waals surface area contributed by atoms with Crippen LogP contribution in [0.3, 0.4) is 0 Å². The summed E-state index contributed by atoms with van der Waals surface area (Å²) in [6, 6.07) is 6.28. The third kappa shape index (κ3) is 2.33. The fraction of sp³-hybridized carbons (Fsp3) is 0.529. The van der Waals surface area contributed by atoms with Gasteiger partial charge in [0, 0.05) is 6.54 Å². The van der Waals surface area contributed by atoms with E-state index in [0.29, 0.717) is 6.54 Å². The minimum atomic E-state index is -0.606. The van der Waals surface area contributed by atoms with Crippen LogP contribution in [0.25, 0.3) is 0 Å². The molecule has 2 aliphatic rings. The molecular weight excluding hydrogens is 264 g/mol. The highest BCUT2D eigenvalue weighted by Crippen LogP contribution is 2.38. The van der Waals surface area contributed by atoms with E-state index < -0.39 is 5.54 Å². The van der Waals surface area contributed by atoms with Crippen LogP contribution in [0.2, 0.25) is 0 Å². The van der Waals surface area contributed by atoms with Crippen molar-refractivity contribution in [3.8, 4) is 0 Å². The average molecular weight is 286 g/mol. The maximum Gasteiger partial charge on any atom is 0.246 e. The number of hydrogen-bond acceptors (Lipinski definition) is 2. The summed E-state index contributed by atoms with van der Waals surface area (Å²) < 4.78 is 0. The van der Waals surface area contributed by atoms with Gasteiger partial charge in [-0.1, -0.05) is 36.6 Å². The Labute approximate surface area is 125 Å². The minimum absolute atomic E-state index is 0.0323. The van der Waals surface area contributed by atoms with E-state index in [2.05, 4.69) is 37.4 Å². The first kappa shape index (κ1) is 14.1. The van der Waals surface area contributed by atoms with Gasteiger partial charge in [0.2, 0.25) is 11.8 Å². The van der Waals surface area contributed by atoms with E-state index in [0.717, 1.165) is 31.2 Å². The topological polar surface area (TPSA) is 49.4 Å². The van der Waals surface area contributed by atoms with Gasteiger partial charge in [-0.2, -0.15) is 0 Å². The van der Waals surface area contributed by atoms with Crippen LogP contribution >= 0.6 is 0 Å². The lowest BCUT2D eigenvalue weighted by molar-refractivity contribution is -0.154. The quantitative estimate of drug-likeness (QED) is 0.905. The number of aryl methyl sites for hydroxylation is 2. The molecule has 1 aromatic rings. The number of carbonyl (C=O) groups is 2. The standard InChI is InChI=1S/C17H22N2O2/c1-12-5-6-13(2)14(9-12)11-19-15(20)10-18-16(21)17(19)7-3-4-8-17/h5-6,9H,3-4,7-8,10-11H2,1-2H3,(H,18,21). The Morgan fingerprint density at radius 2 is 1.90 bits per heavy atom. The van der Waals surface area contributed by atoms with Crippen molar-refractivity contribution in [2.45, 2.75) is 51.6 Å². The number of benzene rings is 1. The van der Waals surface area contributed by atoms with Crippen molar-refractivity contribution in [1.29, 1.82) is 0 Å². The van der Waals surface area contributed by atoms with Gasteiger partial charge >= 0.3 is 0 Å². The summed E-state index contributed by atoms with van der Waals surface area (Å²) in [5.74, 6) is 0.0716. The van der Waals surface area contributed by atoms with Crippen LogP contribution in [0.5, 0.6) is 0 Å². The highest BCUT2D eigenvalue weighted by Gasteiger charge is 2.50. The summed E-state index contributed by atoms with van der Waals surface area (Å²) in [4.78, 5) is 26.7. The Balaban J connectivity index is 1.95. The lowest BCUT2D eigenvalue weighted by atomic mass is 9.90. The van der Waals surface area contributed by atoms with Gasteiger partial charge < -0.3 is 10.2 Å². The first-order chi connectivity index (χ1) is 10.0. The number of piperazine rings is 1. The normalized spacial score (nSPS) is 21.0. The van der Waals surface area contributed by atoms with Crippen molar-refractivity contribution in [2.24, 2.45) is 0 Å².